The highest BCUT2D eigenvalue weighted by atomic mass is 14.3. The first kappa shape index (κ1) is 20.0. The van der Waals surface area contributed by atoms with E-state index in [1.807, 2.05) is 0 Å². The quantitative estimate of drug-likeness (QED) is 0.398. The van der Waals surface area contributed by atoms with Crippen LogP contribution in [0.1, 0.15) is 94.4 Å². The molecule has 0 aliphatic carbocycles. The Morgan fingerprint density at radius 2 is 1.40 bits per heavy atom. The molecule has 0 fully saturated rings. The van der Waals surface area contributed by atoms with Gasteiger partial charge in [-0.05, 0) is 54.3 Å². The summed E-state index contributed by atoms with van der Waals surface area (Å²) >= 11 is 0. The zero-order chi connectivity index (χ0) is 15.9. The fraction of sp³-hybridized carbons (Fsp3) is 1.00. The molecule has 0 spiro atoms. The van der Waals surface area contributed by atoms with Crippen LogP contribution in [0, 0.1) is 35.0 Å². The molecule has 0 aliphatic rings. The van der Waals surface area contributed by atoms with Crippen molar-refractivity contribution in [3.8, 4) is 0 Å². The van der Waals surface area contributed by atoms with Gasteiger partial charge in [0.1, 0.15) is 0 Å². The Hall–Kier alpha value is 0. The van der Waals surface area contributed by atoms with Gasteiger partial charge in [-0.2, -0.15) is 0 Å². The lowest BCUT2D eigenvalue weighted by Crippen LogP contribution is -2.27. The summed E-state index contributed by atoms with van der Waals surface area (Å²) in [7, 11) is 0. The second-order valence-electron chi connectivity index (χ2n) is 8.72. The molecule has 0 aromatic carbocycles. The Morgan fingerprint density at radius 3 is 1.80 bits per heavy atom. The van der Waals surface area contributed by atoms with E-state index in [1.54, 1.807) is 0 Å². The topological polar surface area (TPSA) is 0 Å². The molecule has 0 heteroatoms. The predicted molar refractivity (Wildman–Crippen MR) is 94.0 cm³/mol. The predicted octanol–water partition coefficient (Wildman–Crippen LogP) is 7.18. The van der Waals surface area contributed by atoms with Crippen LogP contribution >= 0.6 is 0 Å². The van der Waals surface area contributed by atoms with E-state index < -0.39 is 0 Å². The first-order valence-electron chi connectivity index (χ1n) is 9.11. The molecule has 0 heterocycles. The smallest absolute Gasteiger partial charge is 0.0326 e. The van der Waals surface area contributed by atoms with Crippen molar-refractivity contribution in [3.63, 3.8) is 0 Å². The van der Waals surface area contributed by atoms with Crippen LogP contribution in [0.5, 0.6) is 0 Å². The minimum atomic E-state index is 0.514. The second-order valence-corrected chi connectivity index (χ2v) is 8.72. The van der Waals surface area contributed by atoms with Gasteiger partial charge in [0.25, 0.3) is 0 Å². The van der Waals surface area contributed by atoms with Crippen molar-refractivity contribution in [2.45, 2.75) is 94.4 Å². The molecule has 3 unspecified atom stereocenters. The standard InChI is InChI=1S/C20H42/c1-10-13-20(8,9)19(14-15(2)3)12-11-17(6)18(7)16(4)5/h15-19H,10-14H2,1-9H3. The first-order valence-corrected chi connectivity index (χ1v) is 9.11. The summed E-state index contributed by atoms with van der Waals surface area (Å²) in [5.41, 5.74) is 0.514. The van der Waals surface area contributed by atoms with Crippen LogP contribution < -0.4 is 0 Å². The lowest BCUT2D eigenvalue weighted by atomic mass is 9.69. The third kappa shape index (κ3) is 7.14. The van der Waals surface area contributed by atoms with E-state index >= 15 is 0 Å². The molecule has 0 amide bonds. The maximum Gasteiger partial charge on any atom is -0.0326 e. The van der Waals surface area contributed by atoms with Gasteiger partial charge < -0.3 is 0 Å². The molecule has 0 rings (SSSR count). The van der Waals surface area contributed by atoms with E-state index in [0.717, 1.165) is 29.6 Å². The molecule has 0 bridgehead atoms. The van der Waals surface area contributed by atoms with E-state index in [0.29, 0.717) is 5.41 Å². The molecular formula is C20H42. The molecular weight excluding hydrogens is 240 g/mol. The van der Waals surface area contributed by atoms with Crippen LogP contribution in [0.4, 0.5) is 0 Å². The van der Waals surface area contributed by atoms with Crippen LogP contribution in [0.3, 0.4) is 0 Å². The molecule has 0 saturated heterocycles. The third-order valence-electron chi connectivity index (χ3n) is 5.68. The second kappa shape index (κ2) is 9.11. The van der Waals surface area contributed by atoms with Gasteiger partial charge in [0.2, 0.25) is 0 Å². The normalized spacial score (nSPS) is 17.6. The van der Waals surface area contributed by atoms with Gasteiger partial charge in [0, 0.05) is 0 Å². The average Bonchev–Trinajstić information content (AvgIpc) is 2.32. The van der Waals surface area contributed by atoms with Crippen molar-refractivity contribution in [3.05, 3.63) is 0 Å². The van der Waals surface area contributed by atoms with Crippen LogP contribution in [-0.2, 0) is 0 Å². The molecule has 0 aliphatic heterocycles. The van der Waals surface area contributed by atoms with Gasteiger partial charge in [-0.25, -0.2) is 0 Å². The maximum atomic E-state index is 2.50. The number of rotatable bonds is 10. The summed E-state index contributed by atoms with van der Waals surface area (Å²) in [4.78, 5) is 0. The largest absolute Gasteiger partial charge is 0.0654 e. The lowest BCUT2D eigenvalue weighted by Gasteiger charge is -2.37. The molecule has 122 valence electrons. The molecule has 0 nitrogen and oxygen atoms in total. The van der Waals surface area contributed by atoms with E-state index in [2.05, 4.69) is 62.3 Å². The summed E-state index contributed by atoms with van der Waals surface area (Å²) in [6.07, 6.45) is 6.92. The van der Waals surface area contributed by atoms with Crippen LogP contribution in [0.25, 0.3) is 0 Å². The molecule has 20 heavy (non-hydrogen) atoms. The molecule has 0 aromatic rings. The Morgan fingerprint density at radius 1 is 0.850 bits per heavy atom. The van der Waals surface area contributed by atoms with Crippen molar-refractivity contribution < 1.29 is 0 Å². The van der Waals surface area contributed by atoms with Gasteiger partial charge in [-0.15, -0.1) is 0 Å². The van der Waals surface area contributed by atoms with Gasteiger partial charge in [-0.3, -0.25) is 0 Å². The van der Waals surface area contributed by atoms with Gasteiger partial charge in [0.05, 0.1) is 0 Å². The Labute approximate surface area is 130 Å². The Kier molecular flexibility index (Phi) is 9.11. The minimum Gasteiger partial charge on any atom is -0.0654 e. The van der Waals surface area contributed by atoms with Crippen molar-refractivity contribution in [1.29, 1.82) is 0 Å². The SMILES string of the molecule is CCCC(C)(C)C(CCC(C)C(C)C(C)C)CC(C)C. The van der Waals surface area contributed by atoms with E-state index in [-0.39, 0.29) is 0 Å². The minimum absolute atomic E-state index is 0.514. The van der Waals surface area contributed by atoms with Gasteiger partial charge in [0.15, 0.2) is 0 Å². The molecule has 0 radical (unpaired) electrons. The number of hydrogen-bond acceptors (Lipinski definition) is 0. The van der Waals surface area contributed by atoms with Crippen LogP contribution in [-0.4, -0.2) is 0 Å². The zero-order valence-electron chi connectivity index (χ0n) is 15.9. The van der Waals surface area contributed by atoms with Gasteiger partial charge in [-0.1, -0.05) is 75.2 Å². The molecule has 0 saturated carbocycles. The molecule has 0 N–H and O–H groups in total. The van der Waals surface area contributed by atoms with Crippen LogP contribution in [0.15, 0.2) is 0 Å². The summed E-state index contributed by atoms with van der Waals surface area (Å²) < 4.78 is 0. The van der Waals surface area contributed by atoms with Crippen molar-refractivity contribution in [2.24, 2.45) is 35.0 Å². The Bertz CT molecular complexity index is 236. The van der Waals surface area contributed by atoms with Crippen molar-refractivity contribution >= 4 is 0 Å². The highest BCUT2D eigenvalue weighted by Crippen LogP contribution is 2.40. The Balaban J connectivity index is 4.59. The zero-order valence-corrected chi connectivity index (χ0v) is 15.9. The van der Waals surface area contributed by atoms with E-state index in [9.17, 15) is 0 Å². The maximum absolute atomic E-state index is 2.50. The van der Waals surface area contributed by atoms with Crippen LogP contribution in [0.2, 0.25) is 0 Å². The molecule has 0 aromatic heterocycles. The summed E-state index contributed by atoms with van der Waals surface area (Å²) in [5, 5.41) is 0. The lowest BCUT2D eigenvalue weighted by molar-refractivity contribution is 0.137. The van der Waals surface area contributed by atoms with Crippen molar-refractivity contribution in [1.82, 2.24) is 0 Å². The summed E-state index contributed by atoms with van der Waals surface area (Å²) in [5.74, 6) is 4.25. The first-order chi connectivity index (χ1) is 9.11. The summed E-state index contributed by atoms with van der Waals surface area (Å²) in [6, 6.07) is 0. The highest BCUT2D eigenvalue weighted by Gasteiger charge is 2.29. The van der Waals surface area contributed by atoms with E-state index in [1.165, 1.54) is 32.1 Å². The number of hydrogen-bond donors (Lipinski definition) is 0. The van der Waals surface area contributed by atoms with Gasteiger partial charge >= 0.3 is 0 Å². The highest BCUT2D eigenvalue weighted by molar-refractivity contribution is 4.80. The average molecular weight is 283 g/mol. The van der Waals surface area contributed by atoms with E-state index in [4.69, 9.17) is 0 Å². The molecule has 3 atom stereocenters. The fourth-order valence-corrected chi connectivity index (χ4v) is 3.63. The summed E-state index contributed by atoms with van der Waals surface area (Å²) in [6.45, 7) is 21.7. The fourth-order valence-electron chi connectivity index (χ4n) is 3.63. The monoisotopic (exact) mass is 282 g/mol. The van der Waals surface area contributed by atoms with Crippen molar-refractivity contribution in [2.75, 3.05) is 0 Å². The third-order valence-corrected chi connectivity index (χ3v) is 5.68.